The van der Waals surface area contributed by atoms with E-state index < -0.39 is 18.4 Å². The highest BCUT2D eigenvalue weighted by Gasteiger charge is 2.26. The number of benzene rings is 1. The highest BCUT2D eigenvalue weighted by Crippen LogP contribution is 2.25. The number of nitrogens with zero attached hydrogens (tertiary/aromatic N) is 2. The van der Waals surface area contributed by atoms with E-state index in [2.05, 4.69) is 4.79 Å². The first-order valence-electron chi connectivity index (χ1n) is 5.98. The highest BCUT2D eigenvalue weighted by molar-refractivity contribution is 6.20. The third-order valence-corrected chi connectivity index (χ3v) is 2.70. The van der Waals surface area contributed by atoms with E-state index >= 15 is 0 Å². The molecule has 0 aliphatic carbocycles. The van der Waals surface area contributed by atoms with Crippen LogP contribution in [0.1, 0.15) is 11.9 Å². The van der Waals surface area contributed by atoms with Gasteiger partial charge in [-0.1, -0.05) is 12.1 Å². The molecule has 0 N–H and O–H groups in total. The molecule has 1 saturated heterocycles. The Kier molecular flexibility index (Phi) is 4.84. The molecule has 7 heteroatoms. The molecule has 0 atom stereocenters. The lowest BCUT2D eigenvalue weighted by Gasteiger charge is -2.28. The van der Waals surface area contributed by atoms with Crippen LogP contribution in [-0.2, 0) is 19.0 Å². The summed E-state index contributed by atoms with van der Waals surface area (Å²) >= 11 is 0. The van der Waals surface area contributed by atoms with Gasteiger partial charge in [-0.3, -0.25) is 0 Å². The van der Waals surface area contributed by atoms with Crippen molar-refractivity contribution < 1.29 is 28.5 Å². The van der Waals surface area contributed by atoms with Gasteiger partial charge in [0.25, 0.3) is 0 Å². The Morgan fingerprint density at radius 1 is 1.35 bits per heavy atom. The van der Waals surface area contributed by atoms with Gasteiger partial charge in [0.1, 0.15) is 11.9 Å². The fraction of sp³-hybridized carbons (Fsp3) is 0.385. The number of hydrogen-bond donors (Lipinski definition) is 0. The third-order valence-electron chi connectivity index (χ3n) is 2.70. The minimum atomic E-state index is -0.743. The van der Waals surface area contributed by atoms with E-state index in [1.54, 1.807) is 7.11 Å². The van der Waals surface area contributed by atoms with Gasteiger partial charge in [-0.2, -0.15) is 4.79 Å². The number of esters is 1. The lowest BCUT2D eigenvalue weighted by Crippen LogP contribution is -2.35. The molecule has 1 aliphatic rings. The second kappa shape index (κ2) is 6.81. The summed E-state index contributed by atoms with van der Waals surface area (Å²) < 4.78 is 21.0. The first kappa shape index (κ1) is 14.2. The summed E-state index contributed by atoms with van der Waals surface area (Å²) in [5.41, 5.74) is 9.05. The largest absolute Gasteiger partial charge is 0.497 e. The Labute approximate surface area is 115 Å². The van der Waals surface area contributed by atoms with Crippen molar-refractivity contribution in [2.24, 2.45) is 0 Å². The molecule has 7 nitrogen and oxygen atoms in total. The van der Waals surface area contributed by atoms with Gasteiger partial charge in [-0.15, -0.1) is 0 Å². The monoisotopic (exact) mass is 278 g/mol. The van der Waals surface area contributed by atoms with Crippen LogP contribution in [0, 0.1) is 0 Å². The smallest absolute Gasteiger partial charge is 0.414 e. The summed E-state index contributed by atoms with van der Waals surface area (Å²) in [6.45, 7) is 0.420. The number of methoxy groups -OCH3 is 1. The van der Waals surface area contributed by atoms with Gasteiger partial charge < -0.3 is 24.5 Å². The van der Waals surface area contributed by atoms with Crippen molar-refractivity contribution in [2.75, 3.05) is 20.3 Å². The molecule has 1 fully saturated rings. The maximum Gasteiger partial charge on any atom is 0.414 e. The van der Waals surface area contributed by atoms with Gasteiger partial charge in [0.15, 0.2) is 6.29 Å². The number of carbonyl (C=O) groups excluding carboxylic acids is 1. The van der Waals surface area contributed by atoms with E-state index in [0.717, 1.165) is 11.3 Å². The molecule has 1 aliphatic heterocycles. The van der Waals surface area contributed by atoms with Gasteiger partial charge >= 0.3 is 12.2 Å². The Bertz CT molecular complexity index is 502. The minimum absolute atomic E-state index is 0.210. The van der Waals surface area contributed by atoms with Gasteiger partial charge in [-0.05, 0) is 12.1 Å². The lowest BCUT2D eigenvalue weighted by molar-refractivity contribution is -0.227. The van der Waals surface area contributed by atoms with Crippen LogP contribution in [0.25, 0.3) is 5.53 Å². The molecule has 0 saturated carbocycles. The van der Waals surface area contributed by atoms with Crippen molar-refractivity contribution in [1.29, 1.82) is 0 Å². The SMILES string of the molecule is COc1ccc(C2OCC(OC(=O)C=[N+]=[N-])CO2)cc1. The molecule has 1 heterocycles. The third kappa shape index (κ3) is 3.64. The second-order valence-electron chi connectivity index (χ2n) is 4.08. The van der Waals surface area contributed by atoms with Crippen LogP contribution in [0.2, 0.25) is 0 Å². The van der Waals surface area contributed by atoms with Crippen LogP contribution in [0.15, 0.2) is 24.3 Å². The Morgan fingerprint density at radius 2 is 2.00 bits per heavy atom. The molecule has 1 aromatic carbocycles. The number of carbonyl (C=O) groups is 1. The normalized spacial score (nSPS) is 21.6. The van der Waals surface area contributed by atoms with Crippen LogP contribution in [0.5, 0.6) is 5.75 Å². The summed E-state index contributed by atoms with van der Waals surface area (Å²) in [4.78, 5) is 13.7. The zero-order valence-electron chi connectivity index (χ0n) is 10.9. The average Bonchev–Trinajstić information content (AvgIpc) is 2.48. The molecule has 0 aromatic heterocycles. The predicted molar refractivity (Wildman–Crippen MR) is 67.2 cm³/mol. The van der Waals surface area contributed by atoms with Crippen LogP contribution in [-0.4, -0.2) is 43.4 Å². The second-order valence-corrected chi connectivity index (χ2v) is 4.08. The topological polar surface area (TPSA) is 90.4 Å². The van der Waals surface area contributed by atoms with E-state index in [0.29, 0.717) is 6.21 Å². The van der Waals surface area contributed by atoms with Gasteiger partial charge in [0, 0.05) is 5.56 Å². The number of ether oxygens (including phenoxy) is 4. The predicted octanol–water partition coefficient (Wildman–Crippen LogP) is 0.953. The van der Waals surface area contributed by atoms with Crippen molar-refractivity contribution in [3.05, 3.63) is 35.4 Å². The van der Waals surface area contributed by atoms with Crippen LogP contribution >= 0.6 is 0 Å². The summed E-state index contributed by atoms with van der Waals surface area (Å²) in [6.07, 6.45) is -0.340. The van der Waals surface area contributed by atoms with E-state index in [4.69, 9.17) is 24.5 Å². The highest BCUT2D eigenvalue weighted by atomic mass is 16.7. The fourth-order valence-corrected chi connectivity index (χ4v) is 1.75. The molecule has 0 amide bonds. The van der Waals surface area contributed by atoms with Crippen LogP contribution in [0.4, 0.5) is 0 Å². The molecular formula is C13H14N2O5. The lowest BCUT2D eigenvalue weighted by atomic mass is 10.2. The maximum absolute atomic E-state index is 11.1. The molecule has 0 unspecified atom stereocenters. The van der Waals surface area contributed by atoms with E-state index in [1.165, 1.54) is 0 Å². The Morgan fingerprint density at radius 3 is 2.55 bits per heavy atom. The van der Waals surface area contributed by atoms with Gasteiger partial charge in [-0.25, -0.2) is 4.79 Å². The zero-order chi connectivity index (χ0) is 14.4. The van der Waals surface area contributed by atoms with Crippen molar-refractivity contribution in [3.63, 3.8) is 0 Å². The van der Waals surface area contributed by atoms with Gasteiger partial charge in [0.2, 0.25) is 0 Å². The average molecular weight is 278 g/mol. The van der Waals surface area contributed by atoms with Crippen molar-refractivity contribution >= 4 is 12.2 Å². The molecule has 1 aromatic rings. The van der Waals surface area contributed by atoms with E-state index in [1.807, 2.05) is 24.3 Å². The number of rotatable bonds is 4. The standard InChI is InChI=1S/C13H14N2O5/c1-17-10-4-2-9(3-5-10)13-18-7-11(8-19-13)20-12(16)6-15-14/h2-6,11,13H,7-8H2,1H3. The molecule has 2 rings (SSSR count). The van der Waals surface area contributed by atoms with Crippen molar-refractivity contribution in [1.82, 2.24) is 0 Å². The molecule has 106 valence electrons. The Hall–Kier alpha value is -2.21. The maximum atomic E-state index is 11.1. The van der Waals surface area contributed by atoms with Crippen molar-refractivity contribution in [3.8, 4) is 5.75 Å². The molecule has 20 heavy (non-hydrogen) atoms. The Balaban J connectivity index is 1.87. The molecular weight excluding hydrogens is 264 g/mol. The quantitative estimate of drug-likeness (QED) is 0.354. The van der Waals surface area contributed by atoms with Gasteiger partial charge in [0.05, 0.1) is 20.3 Å². The first-order valence-corrected chi connectivity index (χ1v) is 5.98. The first-order chi connectivity index (χ1) is 9.72. The van der Waals surface area contributed by atoms with Crippen molar-refractivity contribution in [2.45, 2.75) is 12.4 Å². The van der Waals surface area contributed by atoms with Crippen LogP contribution < -0.4 is 4.74 Å². The number of hydrogen-bond acceptors (Lipinski definition) is 5. The van der Waals surface area contributed by atoms with E-state index in [9.17, 15) is 4.79 Å². The summed E-state index contributed by atoms with van der Waals surface area (Å²) in [7, 11) is 1.59. The molecule has 0 bridgehead atoms. The fourth-order valence-electron chi connectivity index (χ4n) is 1.75. The summed E-state index contributed by atoms with van der Waals surface area (Å²) in [5.74, 6) is 0.00672. The van der Waals surface area contributed by atoms with E-state index in [-0.39, 0.29) is 13.2 Å². The van der Waals surface area contributed by atoms with Crippen LogP contribution in [0.3, 0.4) is 0 Å². The minimum Gasteiger partial charge on any atom is -0.497 e. The summed E-state index contributed by atoms with van der Waals surface area (Å²) in [6, 6.07) is 7.31. The zero-order valence-corrected chi connectivity index (χ0v) is 10.9. The summed E-state index contributed by atoms with van der Waals surface area (Å²) in [5, 5.41) is 0. The molecule has 0 radical (unpaired) electrons. The molecule has 0 spiro atoms.